The van der Waals surface area contributed by atoms with E-state index in [2.05, 4.69) is 22.2 Å². The molecule has 0 aliphatic carbocycles. The minimum absolute atomic E-state index is 0.536. The molecule has 0 saturated heterocycles. The van der Waals surface area contributed by atoms with Gasteiger partial charge in [0.15, 0.2) is 0 Å². The summed E-state index contributed by atoms with van der Waals surface area (Å²) in [6.07, 6.45) is 0.908. The van der Waals surface area contributed by atoms with Crippen molar-refractivity contribution in [3.63, 3.8) is 0 Å². The third-order valence-electron chi connectivity index (χ3n) is 2.11. The van der Waals surface area contributed by atoms with Crippen molar-refractivity contribution in [1.82, 2.24) is 20.0 Å². The van der Waals surface area contributed by atoms with Gasteiger partial charge in [0.05, 0.1) is 5.69 Å². The predicted molar refractivity (Wildman–Crippen MR) is 63.3 cm³/mol. The van der Waals surface area contributed by atoms with E-state index in [1.54, 1.807) is 0 Å². The summed E-state index contributed by atoms with van der Waals surface area (Å²) < 4.78 is 7.80. The lowest BCUT2D eigenvalue weighted by Gasteiger charge is -1.98. The number of nitrogens with zero attached hydrogens (tertiary/aromatic N) is 4. The summed E-state index contributed by atoms with van der Waals surface area (Å²) in [6.45, 7) is 4.91. The summed E-state index contributed by atoms with van der Waals surface area (Å²) in [7, 11) is 0. The average Bonchev–Trinajstić information content (AvgIpc) is 2.82. The van der Waals surface area contributed by atoms with E-state index in [-0.39, 0.29) is 0 Å². The molecule has 0 aromatic carbocycles. The van der Waals surface area contributed by atoms with E-state index in [1.165, 1.54) is 0 Å². The number of aromatic nitrogens is 4. The highest BCUT2D eigenvalue weighted by Gasteiger charge is 2.13. The Labute approximate surface area is 101 Å². The molecule has 0 aliphatic heterocycles. The van der Waals surface area contributed by atoms with Crippen molar-refractivity contribution in [3.8, 4) is 11.6 Å². The molecule has 0 spiro atoms. The van der Waals surface area contributed by atoms with Crippen LogP contribution in [0.1, 0.15) is 19.5 Å². The fourth-order valence-electron chi connectivity index (χ4n) is 1.36. The molecular weight excluding hydrogens is 307 g/mol. The Morgan fingerprint density at radius 2 is 2.20 bits per heavy atom. The van der Waals surface area contributed by atoms with Gasteiger partial charge in [-0.2, -0.15) is 5.10 Å². The van der Waals surface area contributed by atoms with Crippen LogP contribution < -0.4 is 0 Å². The van der Waals surface area contributed by atoms with Gasteiger partial charge in [0.1, 0.15) is 5.69 Å². The second-order valence-corrected chi connectivity index (χ2v) is 3.97. The zero-order chi connectivity index (χ0) is 10.8. The van der Waals surface area contributed by atoms with E-state index in [1.807, 2.05) is 40.3 Å². The Hall–Kier alpha value is -0.920. The summed E-state index contributed by atoms with van der Waals surface area (Å²) in [5.41, 5.74) is 1.94. The SMILES string of the molecule is CCc1cc(-c2nnc(I)o2)n(CC)n1. The van der Waals surface area contributed by atoms with Crippen molar-refractivity contribution in [2.24, 2.45) is 0 Å². The summed E-state index contributed by atoms with van der Waals surface area (Å²) in [4.78, 5) is 0. The van der Waals surface area contributed by atoms with E-state index in [4.69, 9.17) is 4.42 Å². The number of rotatable bonds is 3. The van der Waals surface area contributed by atoms with Gasteiger partial charge in [-0.05, 0) is 19.4 Å². The zero-order valence-electron chi connectivity index (χ0n) is 8.57. The van der Waals surface area contributed by atoms with Crippen molar-refractivity contribution in [2.75, 3.05) is 0 Å². The molecule has 2 rings (SSSR count). The van der Waals surface area contributed by atoms with Crippen LogP contribution in [0.5, 0.6) is 0 Å². The Bertz CT molecular complexity index is 462. The lowest BCUT2D eigenvalue weighted by Crippen LogP contribution is -1.99. The second-order valence-electron chi connectivity index (χ2n) is 3.05. The molecule has 0 radical (unpaired) electrons. The molecule has 2 aromatic rings. The van der Waals surface area contributed by atoms with E-state index >= 15 is 0 Å². The first kappa shape index (κ1) is 10.6. The number of hydrogen-bond acceptors (Lipinski definition) is 4. The molecule has 80 valence electrons. The highest BCUT2D eigenvalue weighted by atomic mass is 127. The van der Waals surface area contributed by atoms with Crippen molar-refractivity contribution in [2.45, 2.75) is 26.8 Å². The number of aryl methyl sites for hydroxylation is 2. The van der Waals surface area contributed by atoms with Crippen LogP contribution in [0.2, 0.25) is 0 Å². The van der Waals surface area contributed by atoms with Gasteiger partial charge in [0.25, 0.3) is 9.79 Å². The van der Waals surface area contributed by atoms with E-state index in [0.717, 1.165) is 24.4 Å². The van der Waals surface area contributed by atoms with Crippen LogP contribution >= 0.6 is 22.6 Å². The summed E-state index contributed by atoms with van der Waals surface area (Å²) in [5.74, 6) is 0.536. The lowest BCUT2D eigenvalue weighted by atomic mass is 10.3. The van der Waals surface area contributed by atoms with Crippen LogP contribution in [-0.2, 0) is 13.0 Å². The quantitative estimate of drug-likeness (QED) is 0.814. The van der Waals surface area contributed by atoms with Crippen molar-refractivity contribution in [3.05, 3.63) is 15.7 Å². The van der Waals surface area contributed by atoms with Gasteiger partial charge in [-0.25, -0.2) is 0 Å². The normalized spacial score (nSPS) is 10.9. The molecule has 2 aromatic heterocycles. The van der Waals surface area contributed by atoms with Crippen molar-refractivity contribution >= 4 is 22.6 Å². The van der Waals surface area contributed by atoms with Crippen LogP contribution in [0.3, 0.4) is 0 Å². The molecule has 2 heterocycles. The van der Waals surface area contributed by atoms with Gasteiger partial charge in [0.2, 0.25) is 0 Å². The van der Waals surface area contributed by atoms with Crippen molar-refractivity contribution < 1.29 is 4.42 Å². The Morgan fingerprint density at radius 1 is 1.40 bits per heavy atom. The molecule has 0 fully saturated rings. The smallest absolute Gasteiger partial charge is 0.278 e. The molecule has 0 aliphatic rings. The lowest BCUT2D eigenvalue weighted by molar-refractivity contribution is 0.525. The van der Waals surface area contributed by atoms with Gasteiger partial charge in [-0.3, -0.25) is 4.68 Å². The third-order valence-corrected chi connectivity index (χ3v) is 2.55. The maximum absolute atomic E-state index is 5.37. The predicted octanol–water partition coefficient (Wildman–Crippen LogP) is 2.12. The number of halogens is 1. The Balaban J connectivity index is 2.46. The van der Waals surface area contributed by atoms with E-state index in [9.17, 15) is 0 Å². The molecule has 6 heteroatoms. The topological polar surface area (TPSA) is 56.7 Å². The van der Waals surface area contributed by atoms with Gasteiger partial charge in [-0.1, -0.05) is 6.92 Å². The monoisotopic (exact) mass is 318 g/mol. The Kier molecular flexibility index (Phi) is 3.03. The zero-order valence-corrected chi connectivity index (χ0v) is 10.7. The summed E-state index contributed by atoms with van der Waals surface area (Å²) in [6, 6.07) is 1.99. The van der Waals surface area contributed by atoms with Gasteiger partial charge < -0.3 is 4.42 Å². The van der Waals surface area contributed by atoms with Gasteiger partial charge in [0, 0.05) is 29.1 Å². The molecule has 0 unspecified atom stereocenters. The second kappa shape index (κ2) is 4.30. The van der Waals surface area contributed by atoms with Gasteiger partial charge >= 0.3 is 0 Å². The highest BCUT2D eigenvalue weighted by Crippen LogP contribution is 2.20. The highest BCUT2D eigenvalue weighted by molar-refractivity contribution is 14.1. The minimum Gasteiger partial charge on any atom is -0.410 e. The van der Waals surface area contributed by atoms with Crippen LogP contribution in [0.4, 0.5) is 0 Å². The van der Waals surface area contributed by atoms with E-state index < -0.39 is 0 Å². The van der Waals surface area contributed by atoms with Crippen LogP contribution in [0, 0.1) is 3.90 Å². The largest absolute Gasteiger partial charge is 0.410 e. The first-order valence-electron chi connectivity index (χ1n) is 4.80. The van der Waals surface area contributed by atoms with Gasteiger partial charge in [-0.15, -0.1) is 10.2 Å². The van der Waals surface area contributed by atoms with Crippen LogP contribution in [0.15, 0.2) is 10.5 Å². The molecule has 0 atom stereocenters. The minimum atomic E-state index is 0.536. The summed E-state index contributed by atoms with van der Waals surface area (Å²) in [5, 5.41) is 12.2. The fraction of sp³-hybridized carbons (Fsp3) is 0.444. The van der Waals surface area contributed by atoms with Crippen LogP contribution in [0.25, 0.3) is 11.6 Å². The molecule has 0 amide bonds. The first-order valence-corrected chi connectivity index (χ1v) is 5.88. The Morgan fingerprint density at radius 3 is 2.73 bits per heavy atom. The number of hydrogen-bond donors (Lipinski definition) is 0. The fourth-order valence-corrected chi connectivity index (χ4v) is 1.68. The molecule has 0 saturated carbocycles. The van der Waals surface area contributed by atoms with E-state index in [0.29, 0.717) is 9.79 Å². The first-order chi connectivity index (χ1) is 7.24. The molecular formula is C9H11IN4O. The summed E-state index contributed by atoms with van der Waals surface area (Å²) >= 11 is 2.00. The third kappa shape index (κ3) is 2.04. The molecule has 5 nitrogen and oxygen atoms in total. The standard InChI is InChI=1S/C9H11IN4O/c1-3-6-5-7(14(4-2)13-6)8-11-12-9(10)15-8/h5H,3-4H2,1-2H3. The maximum atomic E-state index is 5.37. The van der Waals surface area contributed by atoms with Crippen molar-refractivity contribution in [1.29, 1.82) is 0 Å². The molecule has 0 N–H and O–H groups in total. The molecule has 15 heavy (non-hydrogen) atoms. The molecule has 0 bridgehead atoms. The van der Waals surface area contributed by atoms with Crippen LogP contribution in [-0.4, -0.2) is 20.0 Å². The maximum Gasteiger partial charge on any atom is 0.278 e. The average molecular weight is 318 g/mol.